The van der Waals surface area contributed by atoms with Crippen molar-refractivity contribution in [3.05, 3.63) is 22.8 Å². The molecule has 0 aromatic carbocycles. The molecule has 8 atom stereocenters. The first-order valence-corrected chi connectivity index (χ1v) is 13.1. The van der Waals surface area contributed by atoms with Crippen molar-refractivity contribution >= 4 is 23.9 Å². The topological polar surface area (TPSA) is 118 Å². The van der Waals surface area contributed by atoms with Crippen LogP contribution in [0.1, 0.15) is 80.6 Å². The number of rotatable bonds is 5. The Kier molecular flexibility index (Phi) is 7.31. The number of hydrogen-bond donors (Lipinski definition) is 0. The van der Waals surface area contributed by atoms with Crippen LogP contribution in [0.15, 0.2) is 22.8 Å². The van der Waals surface area contributed by atoms with Gasteiger partial charge in [0.1, 0.15) is 24.4 Å². The Morgan fingerprint density at radius 1 is 1.05 bits per heavy atom. The highest BCUT2D eigenvalue weighted by Gasteiger charge is 2.72. The summed E-state index contributed by atoms with van der Waals surface area (Å²) in [5.74, 6) is -2.10. The molecule has 1 unspecified atom stereocenters. The zero-order chi connectivity index (χ0) is 27.3. The third-order valence-electron chi connectivity index (χ3n) is 8.58. The van der Waals surface area contributed by atoms with Gasteiger partial charge in [-0.25, -0.2) is 4.79 Å². The summed E-state index contributed by atoms with van der Waals surface area (Å²) in [5.41, 5.74) is 0.593. The molecule has 1 saturated heterocycles. The maximum absolute atomic E-state index is 13.0. The minimum Gasteiger partial charge on any atom is -0.462 e. The lowest BCUT2D eigenvalue weighted by Gasteiger charge is -2.52. The highest BCUT2D eigenvalue weighted by atomic mass is 16.6. The first kappa shape index (κ1) is 27.4. The molecular formula is C28H38O9. The Morgan fingerprint density at radius 2 is 1.73 bits per heavy atom. The van der Waals surface area contributed by atoms with Gasteiger partial charge in [-0.1, -0.05) is 19.4 Å². The van der Waals surface area contributed by atoms with Gasteiger partial charge in [-0.15, -0.1) is 0 Å². The summed E-state index contributed by atoms with van der Waals surface area (Å²) in [5, 5.41) is 0. The van der Waals surface area contributed by atoms with E-state index in [0.29, 0.717) is 24.8 Å². The van der Waals surface area contributed by atoms with E-state index in [1.54, 1.807) is 6.92 Å². The number of carbonyl (C=O) groups is 4. The summed E-state index contributed by atoms with van der Waals surface area (Å²) < 4.78 is 29.8. The maximum atomic E-state index is 13.0. The molecule has 37 heavy (non-hydrogen) atoms. The normalized spacial score (nSPS) is 40.2. The third-order valence-corrected chi connectivity index (χ3v) is 8.58. The Hall–Kier alpha value is -2.68. The summed E-state index contributed by atoms with van der Waals surface area (Å²) in [4.78, 5) is 50.2. The van der Waals surface area contributed by atoms with Crippen LogP contribution in [0, 0.1) is 11.3 Å². The number of carbonyl (C=O) groups excluding carboxylic acids is 4. The molecule has 4 rings (SSSR count). The summed E-state index contributed by atoms with van der Waals surface area (Å²) in [7, 11) is 0. The standard InChI is InChI=1S/C28H38O9/c1-8-9-24(31)36-25-20(33-16(4)29)11-14(2)10-19-18(15(3)26(32)35-19)12-21-27(25,6)22(34-17(5)30)13-23-28(21,7)37-23/h10,19-23,25H,8-9,11-13H2,1-7H3/b14-10-/t19-,20+,21+,22-,23-,25?,27+,28+/m0/s1. The summed E-state index contributed by atoms with van der Waals surface area (Å²) in [6, 6.07) is 0. The fourth-order valence-corrected chi connectivity index (χ4v) is 6.65. The van der Waals surface area contributed by atoms with E-state index in [2.05, 4.69) is 0 Å². The lowest BCUT2D eigenvalue weighted by Crippen LogP contribution is -2.62. The quantitative estimate of drug-likeness (QED) is 0.232. The summed E-state index contributed by atoms with van der Waals surface area (Å²) in [6.45, 7) is 12.1. The van der Waals surface area contributed by atoms with Crippen molar-refractivity contribution in [1.29, 1.82) is 0 Å². The molecule has 4 aliphatic rings. The lowest BCUT2D eigenvalue weighted by atomic mass is 9.55. The monoisotopic (exact) mass is 518 g/mol. The molecule has 2 fully saturated rings. The Bertz CT molecular complexity index is 1060. The highest BCUT2D eigenvalue weighted by Crippen LogP contribution is 2.63. The van der Waals surface area contributed by atoms with Crippen LogP contribution in [0.4, 0.5) is 0 Å². The van der Waals surface area contributed by atoms with Crippen LogP contribution in [-0.4, -0.2) is 60.0 Å². The van der Waals surface area contributed by atoms with E-state index in [4.69, 9.17) is 23.7 Å². The number of epoxide rings is 1. The van der Waals surface area contributed by atoms with Crippen LogP contribution in [0.25, 0.3) is 0 Å². The molecular weight excluding hydrogens is 480 g/mol. The molecule has 0 bridgehead atoms. The molecule has 0 radical (unpaired) electrons. The molecule has 9 heteroatoms. The van der Waals surface area contributed by atoms with Gasteiger partial charge in [-0.2, -0.15) is 0 Å². The maximum Gasteiger partial charge on any atom is 0.334 e. The van der Waals surface area contributed by atoms with Gasteiger partial charge in [-0.3, -0.25) is 14.4 Å². The fraction of sp³-hybridized carbons (Fsp3) is 0.714. The Morgan fingerprint density at radius 3 is 2.35 bits per heavy atom. The molecule has 0 spiro atoms. The van der Waals surface area contributed by atoms with Gasteiger partial charge >= 0.3 is 23.9 Å². The van der Waals surface area contributed by atoms with E-state index in [-0.39, 0.29) is 30.8 Å². The Labute approximate surface area is 217 Å². The van der Waals surface area contributed by atoms with Crippen molar-refractivity contribution in [1.82, 2.24) is 0 Å². The average Bonchev–Trinajstić information content (AvgIpc) is 3.37. The van der Waals surface area contributed by atoms with Crippen molar-refractivity contribution < 1.29 is 42.9 Å². The van der Waals surface area contributed by atoms with Crippen molar-refractivity contribution in [2.24, 2.45) is 11.3 Å². The van der Waals surface area contributed by atoms with Crippen molar-refractivity contribution in [3.63, 3.8) is 0 Å². The molecule has 0 aromatic heterocycles. The van der Waals surface area contributed by atoms with E-state index >= 15 is 0 Å². The van der Waals surface area contributed by atoms with E-state index in [1.165, 1.54) is 13.8 Å². The number of ether oxygens (including phenoxy) is 5. The minimum atomic E-state index is -1.00. The smallest absolute Gasteiger partial charge is 0.334 e. The van der Waals surface area contributed by atoms with Crippen molar-refractivity contribution in [2.75, 3.05) is 0 Å². The molecule has 2 aliphatic carbocycles. The van der Waals surface area contributed by atoms with E-state index in [0.717, 1.165) is 11.1 Å². The fourth-order valence-electron chi connectivity index (χ4n) is 6.65. The van der Waals surface area contributed by atoms with Crippen LogP contribution in [-0.2, 0) is 42.9 Å². The number of esters is 4. The van der Waals surface area contributed by atoms with E-state index in [1.807, 2.05) is 33.8 Å². The highest BCUT2D eigenvalue weighted by molar-refractivity contribution is 5.92. The summed E-state index contributed by atoms with van der Waals surface area (Å²) in [6.07, 6.45) is 0.575. The van der Waals surface area contributed by atoms with E-state index < -0.39 is 53.3 Å². The second-order valence-electron chi connectivity index (χ2n) is 11.2. The SMILES string of the molecule is CCCC(=O)OC1[C@H](OC(C)=O)C/C(C)=C\[C@@H]2OC(=O)C(C)=C2C[C@H]2[C@@]3(C)O[C@H]3C[C@H](OC(C)=O)[C@]12C. The molecule has 0 aromatic rings. The molecule has 2 heterocycles. The predicted molar refractivity (Wildman–Crippen MR) is 131 cm³/mol. The van der Waals surface area contributed by atoms with Gasteiger partial charge in [0.2, 0.25) is 0 Å². The van der Waals surface area contributed by atoms with Crippen LogP contribution in [0.2, 0.25) is 0 Å². The number of fused-ring (bicyclic) bond motifs is 4. The van der Waals surface area contributed by atoms with Gasteiger partial charge in [0.05, 0.1) is 17.1 Å². The molecule has 0 N–H and O–H groups in total. The first-order valence-electron chi connectivity index (χ1n) is 13.1. The zero-order valence-corrected chi connectivity index (χ0v) is 22.8. The molecule has 9 nitrogen and oxygen atoms in total. The second-order valence-corrected chi connectivity index (χ2v) is 11.2. The van der Waals surface area contributed by atoms with Crippen molar-refractivity contribution in [3.8, 4) is 0 Å². The third kappa shape index (κ3) is 4.94. The van der Waals surface area contributed by atoms with Gasteiger partial charge in [0.15, 0.2) is 0 Å². The van der Waals surface area contributed by atoms with Crippen LogP contribution >= 0.6 is 0 Å². The Balaban J connectivity index is 1.93. The largest absolute Gasteiger partial charge is 0.462 e. The number of hydrogen-bond acceptors (Lipinski definition) is 9. The van der Waals surface area contributed by atoms with Crippen LogP contribution < -0.4 is 0 Å². The lowest BCUT2D eigenvalue weighted by molar-refractivity contribution is -0.209. The average molecular weight is 519 g/mol. The first-order chi connectivity index (χ1) is 17.3. The predicted octanol–water partition coefficient (Wildman–Crippen LogP) is 3.73. The van der Waals surface area contributed by atoms with Crippen LogP contribution in [0.5, 0.6) is 0 Å². The van der Waals surface area contributed by atoms with Gasteiger partial charge in [0, 0.05) is 44.6 Å². The minimum absolute atomic E-state index is 0.160. The van der Waals surface area contributed by atoms with Gasteiger partial charge in [0.25, 0.3) is 0 Å². The molecule has 0 amide bonds. The zero-order valence-electron chi connectivity index (χ0n) is 22.8. The second kappa shape index (κ2) is 9.89. The molecule has 204 valence electrons. The van der Waals surface area contributed by atoms with Gasteiger partial charge < -0.3 is 23.7 Å². The molecule has 1 saturated carbocycles. The summed E-state index contributed by atoms with van der Waals surface area (Å²) >= 11 is 0. The molecule has 2 aliphatic heterocycles. The van der Waals surface area contributed by atoms with Gasteiger partial charge in [-0.05, 0) is 45.3 Å². The van der Waals surface area contributed by atoms with Crippen molar-refractivity contribution in [2.45, 2.75) is 117 Å². The van der Waals surface area contributed by atoms with Crippen LogP contribution in [0.3, 0.4) is 0 Å². The van der Waals surface area contributed by atoms with E-state index in [9.17, 15) is 19.2 Å².